The summed E-state index contributed by atoms with van der Waals surface area (Å²) in [5.41, 5.74) is 0.147. The zero-order chi connectivity index (χ0) is 16.1. The quantitative estimate of drug-likeness (QED) is 0.761. The Labute approximate surface area is 127 Å². The summed E-state index contributed by atoms with van der Waals surface area (Å²) < 4.78 is 17.0. The van der Waals surface area contributed by atoms with Gasteiger partial charge in [0, 0.05) is 17.8 Å². The molecule has 6 nitrogen and oxygen atoms in total. The third kappa shape index (κ3) is 3.11. The number of carbonyl (C=O) groups excluding carboxylic acids is 1. The molecule has 0 saturated carbocycles. The number of ketones is 1. The van der Waals surface area contributed by atoms with E-state index in [9.17, 15) is 9.59 Å². The molecule has 0 bridgehead atoms. The highest BCUT2D eigenvalue weighted by atomic mass is 16.5. The predicted octanol–water partition coefficient (Wildman–Crippen LogP) is 1.76. The molecule has 0 fully saturated rings. The maximum absolute atomic E-state index is 12.4. The van der Waals surface area contributed by atoms with Crippen LogP contribution in [0.15, 0.2) is 41.3 Å². The number of methoxy groups -OCH3 is 3. The fraction of sp³-hybridized carbons (Fsp3) is 0.250. The van der Waals surface area contributed by atoms with E-state index in [0.29, 0.717) is 22.8 Å². The van der Waals surface area contributed by atoms with E-state index in [1.54, 1.807) is 30.5 Å². The van der Waals surface area contributed by atoms with Gasteiger partial charge in [0.1, 0.15) is 0 Å². The van der Waals surface area contributed by atoms with Crippen molar-refractivity contribution in [2.75, 3.05) is 21.3 Å². The molecule has 116 valence electrons. The average molecular weight is 303 g/mol. The molecule has 6 heteroatoms. The van der Waals surface area contributed by atoms with Crippen LogP contribution >= 0.6 is 0 Å². The largest absolute Gasteiger partial charge is 0.493 e. The normalized spacial score (nSPS) is 10.1. The third-order valence-corrected chi connectivity index (χ3v) is 3.20. The summed E-state index contributed by atoms with van der Waals surface area (Å²) in [5, 5.41) is 0. The number of benzene rings is 1. The van der Waals surface area contributed by atoms with E-state index in [2.05, 4.69) is 0 Å². The van der Waals surface area contributed by atoms with Gasteiger partial charge in [-0.1, -0.05) is 6.07 Å². The summed E-state index contributed by atoms with van der Waals surface area (Å²) in [7, 11) is 4.45. The van der Waals surface area contributed by atoms with Crippen molar-refractivity contribution in [2.45, 2.75) is 6.54 Å². The van der Waals surface area contributed by atoms with Gasteiger partial charge in [0.2, 0.25) is 5.75 Å². The van der Waals surface area contributed by atoms with Crippen molar-refractivity contribution in [1.82, 2.24) is 4.57 Å². The van der Waals surface area contributed by atoms with Crippen molar-refractivity contribution in [3.8, 4) is 17.2 Å². The minimum Gasteiger partial charge on any atom is -0.493 e. The smallest absolute Gasteiger partial charge is 0.250 e. The van der Waals surface area contributed by atoms with E-state index in [-0.39, 0.29) is 17.9 Å². The van der Waals surface area contributed by atoms with Gasteiger partial charge in [-0.2, -0.15) is 0 Å². The van der Waals surface area contributed by atoms with Crippen LogP contribution in [0.2, 0.25) is 0 Å². The van der Waals surface area contributed by atoms with Crippen LogP contribution in [0.25, 0.3) is 0 Å². The minimum absolute atomic E-state index is 0.0572. The van der Waals surface area contributed by atoms with Crippen molar-refractivity contribution in [2.24, 2.45) is 0 Å². The highest BCUT2D eigenvalue weighted by molar-refractivity contribution is 5.97. The SMILES string of the molecule is COc1cc(C(=O)Cn2ccccc2=O)cc(OC)c1OC. The van der Waals surface area contributed by atoms with Gasteiger partial charge in [0.15, 0.2) is 17.3 Å². The third-order valence-electron chi connectivity index (χ3n) is 3.20. The highest BCUT2D eigenvalue weighted by Crippen LogP contribution is 2.38. The van der Waals surface area contributed by atoms with Crippen molar-refractivity contribution in [1.29, 1.82) is 0 Å². The van der Waals surface area contributed by atoms with Gasteiger partial charge in [-0.05, 0) is 18.2 Å². The van der Waals surface area contributed by atoms with Gasteiger partial charge in [0.25, 0.3) is 5.56 Å². The molecule has 0 saturated heterocycles. The first-order valence-electron chi connectivity index (χ1n) is 6.59. The Bertz CT molecular complexity index is 710. The lowest BCUT2D eigenvalue weighted by Crippen LogP contribution is -2.22. The molecule has 0 N–H and O–H groups in total. The minimum atomic E-state index is -0.233. The van der Waals surface area contributed by atoms with E-state index < -0.39 is 0 Å². The Morgan fingerprint density at radius 2 is 1.68 bits per heavy atom. The highest BCUT2D eigenvalue weighted by Gasteiger charge is 2.17. The van der Waals surface area contributed by atoms with Crippen LogP contribution in [-0.4, -0.2) is 31.7 Å². The first kappa shape index (κ1) is 15.6. The fourth-order valence-electron chi connectivity index (χ4n) is 2.08. The maximum atomic E-state index is 12.4. The fourth-order valence-corrected chi connectivity index (χ4v) is 2.08. The zero-order valence-electron chi connectivity index (χ0n) is 12.7. The number of ether oxygens (including phenoxy) is 3. The Hall–Kier alpha value is -2.76. The molecule has 0 radical (unpaired) electrons. The summed E-state index contributed by atoms with van der Waals surface area (Å²) in [4.78, 5) is 24.1. The lowest BCUT2D eigenvalue weighted by atomic mass is 10.1. The van der Waals surface area contributed by atoms with E-state index in [1.807, 2.05) is 0 Å². The first-order valence-corrected chi connectivity index (χ1v) is 6.59. The second-order valence-corrected chi connectivity index (χ2v) is 4.50. The van der Waals surface area contributed by atoms with Crippen LogP contribution in [-0.2, 0) is 6.54 Å². The number of hydrogen-bond acceptors (Lipinski definition) is 5. The topological polar surface area (TPSA) is 66.8 Å². The number of pyridine rings is 1. The standard InChI is InChI=1S/C16H17NO5/c1-20-13-8-11(9-14(21-2)16(13)22-3)12(18)10-17-7-5-4-6-15(17)19/h4-9H,10H2,1-3H3. The molecule has 2 rings (SSSR count). The van der Waals surface area contributed by atoms with Crippen LogP contribution in [0.4, 0.5) is 0 Å². The van der Waals surface area contributed by atoms with E-state index >= 15 is 0 Å². The maximum Gasteiger partial charge on any atom is 0.250 e. The number of aromatic nitrogens is 1. The Balaban J connectivity index is 2.38. The molecule has 0 aliphatic carbocycles. The van der Waals surface area contributed by atoms with Crippen LogP contribution in [0.1, 0.15) is 10.4 Å². The van der Waals surface area contributed by atoms with Gasteiger partial charge in [-0.3, -0.25) is 9.59 Å². The Morgan fingerprint density at radius 1 is 1.05 bits per heavy atom. The van der Waals surface area contributed by atoms with Gasteiger partial charge in [-0.15, -0.1) is 0 Å². The molecule has 1 aromatic carbocycles. The van der Waals surface area contributed by atoms with Crippen molar-refractivity contribution < 1.29 is 19.0 Å². The van der Waals surface area contributed by atoms with Gasteiger partial charge < -0.3 is 18.8 Å². The number of carbonyl (C=O) groups is 1. The summed E-state index contributed by atoms with van der Waals surface area (Å²) in [6, 6.07) is 7.87. The van der Waals surface area contributed by atoms with Crippen molar-refractivity contribution >= 4 is 5.78 Å². The molecular formula is C16H17NO5. The number of Topliss-reactive ketones (excluding diaryl/α,β-unsaturated/α-hetero) is 1. The van der Waals surface area contributed by atoms with Gasteiger partial charge >= 0.3 is 0 Å². The summed E-state index contributed by atoms with van der Waals surface area (Å²) in [6.45, 7) is -0.0572. The van der Waals surface area contributed by atoms with E-state index in [4.69, 9.17) is 14.2 Å². The molecule has 0 aliphatic rings. The van der Waals surface area contributed by atoms with Gasteiger partial charge in [-0.25, -0.2) is 0 Å². The zero-order valence-corrected chi connectivity index (χ0v) is 12.7. The average Bonchev–Trinajstić information content (AvgIpc) is 2.55. The first-order chi connectivity index (χ1) is 10.6. The second kappa shape index (κ2) is 6.80. The van der Waals surface area contributed by atoms with Crippen LogP contribution in [0.5, 0.6) is 17.2 Å². The molecule has 2 aromatic rings. The van der Waals surface area contributed by atoms with Crippen molar-refractivity contribution in [3.63, 3.8) is 0 Å². The summed E-state index contributed by atoms with van der Waals surface area (Å²) >= 11 is 0. The van der Waals surface area contributed by atoms with Crippen LogP contribution < -0.4 is 19.8 Å². The molecule has 22 heavy (non-hydrogen) atoms. The van der Waals surface area contributed by atoms with Crippen LogP contribution in [0.3, 0.4) is 0 Å². The second-order valence-electron chi connectivity index (χ2n) is 4.50. The molecule has 0 aliphatic heterocycles. The Kier molecular flexibility index (Phi) is 4.83. The molecule has 0 spiro atoms. The number of rotatable bonds is 6. The molecule has 1 heterocycles. The molecule has 0 amide bonds. The Morgan fingerprint density at radius 3 is 2.18 bits per heavy atom. The van der Waals surface area contributed by atoms with Gasteiger partial charge in [0.05, 0.1) is 27.9 Å². The van der Waals surface area contributed by atoms with Crippen LogP contribution in [0, 0.1) is 0 Å². The van der Waals surface area contributed by atoms with Crippen molar-refractivity contribution in [3.05, 3.63) is 52.4 Å². The lowest BCUT2D eigenvalue weighted by molar-refractivity contribution is 0.0970. The monoisotopic (exact) mass is 303 g/mol. The molecule has 1 aromatic heterocycles. The number of nitrogens with zero attached hydrogens (tertiary/aromatic N) is 1. The number of hydrogen-bond donors (Lipinski definition) is 0. The van der Waals surface area contributed by atoms with E-state index in [1.165, 1.54) is 32.0 Å². The molecule has 0 unspecified atom stereocenters. The summed E-state index contributed by atoms with van der Waals surface area (Å²) in [6.07, 6.45) is 1.57. The molecule has 0 atom stereocenters. The predicted molar refractivity (Wildman–Crippen MR) is 81.1 cm³/mol. The molecular weight excluding hydrogens is 286 g/mol. The lowest BCUT2D eigenvalue weighted by Gasteiger charge is -2.14. The summed E-state index contributed by atoms with van der Waals surface area (Å²) in [5.74, 6) is 0.974. The van der Waals surface area contributed by atoms with E-state index in [0.717, 1.165) is 0 Å².